The Hall–Kier alpha value is -3.16. The Bertz CT molecular complexity index is 1010. The number of nitro groups is 1. The predicted octanol–water partition coefficient (Wildman–Crippen LogP) is 6.16. The molecule has 0 amide bonds. The first kappa shape index (κ1) is 19.6. The van der Waals surface area contributed by atoms with E-state index in [1.807, 2.05) is 31.2 Å². The second-order valence-corrected chi connectivity index (χ2v) is 6.82. The first-order valence-electron chi connectivity index (χ1n) is 8.26. The second-order valence-electron chi connectivity index (χ2n) is 5.97. The first-order valence-corrected chi connectivity index (χ1v) is 9.05. The average molecular weight is 414 g/mol. The van der Waals surface area contributed by atoms with Crippen LogP contribution < -0.4 is 15.4 Å². The molecular formula is C20H16ClN3O3S. The fourth-order valence-electron chi connectivity index (χ4n) is 2.39. The van der Waals surface area contributed by atoms with E-state index >= 15 is 0 Å². The molecule has 0 saturated heterocycles. The van der Waals surface area contributed by atoms with Crippen molar-refractivity contribution in [2.24, 2.45) is 0 Å². The third-order valence-corrected chi connectivity index (χ3v) is 4.17. The number of nitrogens with zero attached hydrogens (tertiary/aromatic N) is 1. The molecule has 8 heteroatoms. The van der Waals surface area contributed by atoms with E-state index < -0.39 is 4.92 Å². The number of anilines is 2. The Kier molecular flexibility index (Phi) is 6.08. The van der Waals surface area contributed by atoms with Gasteiger partial charge in [-0.05, 0) is 55.5 Å². The maximum absolute atomic E-state index is 11.3. The summed E-state index contributed by atoms with van der Waals surface area (Å²) in [5.41, 5.74) is 2.26. The van der Waals surface area contributed by atoms with Gasteiger partial charge in [0.15, 0.2) is 5.11 Å². The summed E-state index contributed by atoms with van der Waals surface area (Å²) >= 11 is 11.2. The van der Waals surface area contributed by atoms with E-state index in [1.165, 1.54) is 12.1 Å². The monoisotopic (exact) mass is 413 g/mol. The smallest absolute Gasteiger partial charge is 0.275 e. The molecule has 0 aliphatic carbocycles. The highest BCUT2D eigenvalue weighted by Gasteiger charge is 2.12. The van der Waals surface area contributed by atoms with Crippen molar-refractivity contribution in [3.8, 4) is 11.5 Å². The van der Waals surface area contributed by atoms with E-state index in [0.29, 0.717) is 27.3 Å². The maximum atomic E-state index is 11.3. The number of thiocarbonyl (C=S) groups is 1. The number of hydrogen-bond acceptors (Lipinski definition) is 4. The zero-order valence-corrected chi connectivity index (χ0v) is 16.4. The number of halogens is 1. The number of hydrogen-bond donors (Lipinski definition) is 2. The molecule has 6 nitrogen and oxygen atoms in total. The van der Waals surface area contributed by atoms with Gasteiger partial charge in [-0.25, -0.2) is 0 Å². The Balaban J connectivity index is 1.78. The molecule has 0 aromatic heterocycles. The van der Waals surface area contributed by atoms with E-state index in [1.54, 1.807) is 30.3 Å². The van der Waals surface area contributed by atoms with E-state index in [-0.39, 0.29) is 5.69 Å². The van der Waals surface area contributed by atoms with Crippen molar-refractivity contribution in [3.05, 3.63) is 87.4 Å². The number of aryl methyl sites for hydroxylation is 1. The minimum absolute atomic E-state index is 0.118. The van der Waals surface area contributed by atoms with Crippen molar-refractivity contribution in [2.45, 2.75) is 6.92 Å². The standard InChI is InChI=1S/C20H16ClN3O3S/c1-13-2-6-15(7-3-13)22-20(28)23-16-10-17(24(25)26)12-19(11-16)27-18-8-4-14(21)5-9-18/h2-12H,1H3,(H2,22,23,28). The SMILES string of the molecule is Cc1ccc(NC(=S)Nc2cc(Oc3ccc(Cl)cc3)cc([N+](=O)[O-])c2)cc1. The number of benzene rings is 3. The zero-order valence-electron chi connectivity index (χ0n) is 14.8. The molecule has 0 aliphatic heterocycles. The zero-order chi connectivity index (χ0) is 20.1. The fourth-order valence-corrected chi connectivity index (χ4v) is 2.75. The molecule has 0 fully saturated rings. The van der Waals surface area contributed by atoms with Crippen LogP contribution in [0.3, 0.4) is 0 Å². The summed E-state index contributed by atoms with van der Waals surface area (Å²) < 4.78 is 5.71. The molecule has 0 unspecified atom stereocenters. The fraction of sp³-hybridized carbons (Fsp3) is 0.0500. The van der Waals surface area contributed by atoms with Gasteiger partial charge in [0, 0.05) is 22.8 Å². The van der Waals surface area contributed by atoms with Gasteiger partial charge in [0.25, 0.3) is 5.69 Å². The van der Waals surface area contributed by atoms with Crippen LogP contribution in [0.15, 0.2) is 66.7 Å². The van der Waals surface area contributed by atoms with Gasteiger partial charge >= 0.3 is 0 Å². The van der Waals surface area contributed by atoms with Gasteiger partial charge in [-0.1, -0.05) is 29.3 Å². The summed E-state index contributed by atoms with van der Waals surface area (Å²) in [6.45, 7) is 1.99. The average Bonchev–Trinajstić information content (AvgIpc) is 2.65. The second kappa shape index (κ2) is 8.69. The number of nitrogens with one attached hydrogen (secondary N) is 2. The van der Waals surface area contributed by atoms with Gasteiger partial charge in [0.1, 0.15) is 11.5 Å². The lowest BCUT2D eigenvalue weighted by molar-refractivity contribution is -0.384. The number of nitro benzene ring substituents is 1. The van der Waals surface area contributed by atoms with E-state index in [2.05, 4.69) is 10.6 Å². The number of non-ortho nitro benzene ring substituents is 1. The van der Waals surface area contributed by atoms with Crippen LogP contribution in [0.1, 0.15) is 5.56 Å². The third-order valence-electron chi connectivity index (χ3n) is 3.72. The van der Waals surface area contributed by atoms with Crippen LogP contribution in [-0.2, 0) is 0 Å². The van der Waals surface area contributed by atoms with Crippen LogP contribution in [0, 0.1) is 17.0 Å². The van der Waals surface area contributed by atoms with Gasteiger partial charge in [-0.3, -0.25) is 10.1 Å². The Labute approximate surface area is 172 Å². The molecule has 0 heterocycles. The van der Waals surface area contributed by atoms with Crippen LogP contribution >= 0.6 is 23.8 Å². The van der Waals surface area contributed by atoms with Crippen molar-refractivity contribution < 1.29 is 9.66 Å². The molecule has 3 aromatic carbocycles. The highest BCUT2D eigenvalue weighted by molar-refractivity contribution is 7.80. The summed E-state index contributed by atoms with van der Waals surface area (Å²) in [4.78, 5) is 10.8. The van der Waals surface area contributed by atoms with E-state index in [4.69, 9.17) is 28.6 Å². The molecule has 0 bridgehead atoms. The van der Waals surface area contributed by atoms with Gasteiger partial charge in [-0.15, -0.1) is 0 Å². The predicted molar refractivity (Wildman–Crippen MR) is 116 cm³/mol. The van der Waals surface area contributed by atoms with Crippen molar-refractivity contribution >= 4 is 46.0 Å². The quantitative estimate of drug-likeness (QED) is 0.296. The Morgan fingerprint density at radius 3 is 2.25 bits per heavy atom. The van der Waals surface area contributed by atoms with Gasteiger partial charge < -0.3 is 15.4 Å². The van der Waals surface area contributed by atoms with Gasteiger partial charge in [0.05, 0.1) is 16.7 Å². The summed E-state index contributed by atoms with van der Waals surface area (Å²) in [7, 11) is 0. The molecule has 0 radical (unpaired) electrons. The highest BCUT2D eigenvalue weighted by Crippen LogP contribution is 2.30. The van der Waals surface area contributed by atoms with Gasteiger partial charge in [0.2, 0.25) is 0 Å². The largest absolute Gasteiger partial charge is 0.457 e. The number of ether oxygens (including phenoxy) is 1. The topological polar surface area (TPSA) is 76.4 Å². The van der Waals surface area contributed by atoms with Gasteiger partial charge in [-0.2, -0.15) is 0 Å². The lowest BCUT2D eigenvalue weighted by Gasteiger charge is -2.12. The minimum atomic E-state index is -0.490. The van der Waals surface area contributed by atoms with Crippen LogP contribution in [0.2, 0.25) is 5.02 Å². The van der Waals surface area contributed by atoms with Crippen molar-refractivity contribution in [1.82, 2.24) is 0 Å². The Morgan fingerprint density at radius 1 is 0.964 bits per heavy atom. The molecular weight excluding hydrogens is 398 g/mol. The van der Waals surface area contributed by atoms with Crippen molar-refractivity contribution in [3.63, 3.8) is 0 Å². The lowest BCUT2D eigenvalue weighted by Crippen LogP contribution is -2.19. The summed E-state index contributed by atoms with van der Waals surface area (Å²) in [5.74, 6) is 0.813. The molecule has 0 spiro atoms. The minimum Gasteiger partial charge on any atom is -0.457 e. The lowest BCUT2D eigenvalue weighted by atomic mass is 10.2. The third kappa shape index (κ3) is 5.42. The first-order chi connectivity index (χ1) is 13.4. The summed E-state index contributed by atoms with van der Waals surface area (Å²) in [6.07, 6.45) is 0. The van der Waals surface area contributed by atoms with Crippen molar-refractivity contribution in [2.75, 3.05) is 10.6 Å². The van der Waals surface area contributed by atoms with Crippen LogP contribution in [-0.4, -0.2) is 10.0 Å². The number of rotatable bonds is 5. The van der Waals surface area contributed by atoms with Crippen molar-refractivity contribution in [1.29, 1.82) is 0 Å². The molecule has 3 rings (SSSR count). The molecule has 3 aromatic rings. The van der Waals surface area contributed by atoms with Crippen LogP contribution in [0.5, 0.6) is 11.5 Å². The molecule has 2 N–H and O–H groups in total. The van der Waals surface area contributed by atoms with Crippen LogP contribution in [0.4, 0.5) is 17.1 Å². The molecule has 0 saturated carbocycles. The maximum Gasteiger partial charge on any atom is 0.275 e. The summed E-state index contributed by atoms with van der Waals surface area (Å²) in [5, 5.41) is 18.1. The molecule has 142 valence electrons. The molecule has 28 heavy (non-hydrogen) atoms. The summed E-state index contributed by atoms with van der Waals surface area (Å²) in [6, 6.07) is 18.8. The molecule has 0 atom stereocenters. The molecule has 0 aliphatic rings. The normalized spacial score (nSPS) is 10.2. The highest BCUT2D eigenvalue weighted by atomic mass is 35.5. The Morgan fingerprint density at radius 2 is 1.61 bits per heavy atom. The van der Waals surface area contributed by atoms with Crippen LogP contribution in [0.25, 0.3) is 0 Å². The van der Waals surface area contributed by atoms with E-state index in [9.17, 15) is 10.1 Å². The van der Waals surface area contributed by atoms with E-state index in [0.717, 1.165) is 11.3 Å².